The van der Waals surface area contributed by atoms with Crippen molar-refractivity contribution in [2.45, 2.75) is 37.0 Å². The molecule has 1 saturated heterocycles. The van der Waals surface area contributed by atoms with Gasteiger partial charge in [0, 0.05) is 45.2 Å². The van der Waals surface area contributed by atoms with Gasteiger partial charge in [-0.3, -0.25) is 4.79 Å². The molecule has 3 heterocycles. The number of hydrogen-bond acceptors (Lipinski definition) is 5. The molecule has 1 aliphatic heterocycles. The van der Waals surface area contributed by atoms with Crippen molar-refractivity contribution >= 4 is 32.8 Å². The van der Waals surface area contributed by atoms with Crippen molar-refractivity contribution in [3.63, 3.8) is 0 Å². The largest absolute Gasteiger partial charge is 0.331 e. The summed E-state index contributed by atoms with van der Waals surface area (Å²) >= 11 is 0. The summed E-state index contributed by atoms with van der Waals surface area (Å²) in [5.41, 5.74) is 2.36. The highest BCUT2D eigenvalue weighted by Gasteiger charge is 2.26. The lowest BCUT2D eigenvalue weighted by Crippen LogP contribution is -2.35. The first-order valence-electron chi connectivity index (χ1n) is 11.8. The molecule has 0 saturated carbocycles. The van der Waals surface area contributed by atoms with E-state index in [9.17, 15) is 13.2 Å². The Hall–Kier alpha value is -3.50. The fraction of sp³-hybridized carbons (Fsp3) is 0.320. The average molecular weight is 493 g/mol. The van der Waals surface area contributed by atoms with Crippen molar-refractivity contribution in [2.75, 3.05) is 18.4 Å². The Balaban J connectivity index is 1.26. The zero-order chi connectivity index (χ0) is 24.4. The van der Waals surface area contributed by atoms with E-state index in [4.69, 9.17) is 0 Å². The fourth-order valence-corrected chi connectivity index (χ4v) is 5.95. The number of piperidine rings is 1. The number of fused-ring (bicyclic) bond motifs is 1. The summed E-state index contributed by atoms with van der Waals surface area (Å²) in [4.78, 5) is 17.4. The number of rotatable bonds is 7. The van der Waals surface area contributed by atoms with Crippen molar-refractivity contribution < 1.29 is 13.2 Å². The number of carbonyl (C=O) groups excluding carboxylic acids is 1. The standard InChI is InChI=1S/C25H28N6O3S/c1-29-22-11-10-20(35(33,34)30-15-6-3-7-16-30)18-21(22)26-24(29)12-13-25(32)27-23-14-17-31(28-23)19-8-4-2-5-9-19/h2,4-5,8-11,14,17-18H,3,6-7,12-13,15-16H2,1H3,(H,27,28,32). The van der Waals surface area contributed by atoms with E-state index in [0.29, 0.717) is 30.8 Å². The zero-order valence-electron chi connectivity index (χ0n) is 19.6. The van der Waals surface area contributed by atoms with Gasteiger partial charge in [-0.25, -0.2) is 18.1 Å². The van der Waals surface area contributed by atoms with Gasteiger partial charge in [-0.05, 0) is 43.2 Å². The van der Waals surface area contributed by atoms with E-state index in [2.05, 4.69) is 15.4 Å². The van der Waals surface area contributed by atoms with Gasteiger partial charge in [-0.15, -0.1) is 0 Å². The van der Waals surface area contributed by atoms with Crippen LogP contribution in [0.25, 0.3) is 16.7 Å². The average Bonchev–Trinajstić information content (AvgIpc) is 3.47. The van der Waals surface area contributed by atoms with Gasteiger partial charge < -0.3 is 9.88 Å². The van der Waals surface area contributed by atoms with Crippen LogP contribution in [0.2, 0.25) is 0 Å². The Kier molecular flexibility index (Phi) is 6.40. The Labute approximate surface area is 204 Å². The predicted octanol–water partition coefficient (Wildman–Crippen LogP) is 3.50. The number of benzene rings is 2. The first-order chi connectivity index (χ1) is 16.9. The van der Waals surface area contributed by atoms with Gasteiger partial charge in [-0.1, -0.05) is 24.6 Å². The molecule has 4 aromatic rings. The summed E-state index contributed by atoms with van der Waals surface area (Å²) in [6.07, 6.45) is 5.30. The van der Waals surface area contributed by atoms with Crippen LogP contribution in [0.1, 0.15) is 31.5 Å². The van der Waals surface area contributed by atoms with E-state index in [1.54, 1.807) is 39.4 Å². The van der Waals surface area contributed by atoms with Gasteiger partial charge >= 0.3 is 0 Å². The molecule has 1 N–H and O–H groups in total. The molecule has 0 atom stereocenters. The van der Waals surface area contributed by atoms with E-state index < -0.39 is 10.0 Å². The van der Waals surface area contributed by atoms with Crippen LogP contribution in [0.4, 0.5) is 5.82 Å². The van der Waals surface area contributed by atoms with Gasteiger partial charge in [-0.2, -0.15) is 9.40 Å². The molecule has 0 aliphatic carbocycles. The van der Waals surface area contributed by atoms with Gasteiger partial charge in [0.05, 0.1) is 21.6 Å². The lowest BCUT2D eigenvalue weighted by Gasteiger charge is -2.25. The number of hydrogen-bond donors (Lipinski definition) is 1. The van der Waals surface area contributed by atoms with Crippen LogP contribution in [0, 0.1) is 0 Å². The van der Waals surface area contributed by atoms with E-state index >= 15 is 0 Å². The molecule has 182 valence electrons. The molecule has 2 aromatic heterocycles. The molecule has 0 bridgehead atoms. The van der Waals surface area contributed by atoms with Crippen LogP contribution in [0.15, 0.2) is 65.7 Å². The lowest BCUT2D eigenvalue weighted by molar-refractivity contribution is -0.116. The number of aromatic nitrogens is 4. The number of imidazole rings is 1. The van der Waals surface area contributed by atoms with Crippen LogP contribution < -0.4 is 5.32 Å². The highest BCUT2D eigenvalue weighted by molar-refractivity contribution is 7.89. The number of anilines is 1. The highest BCUT2D eigenvalue weighted by Crippen LogP contribution is 2.25. The maximum Gasteiger partial charge on any atom is 0.243 e. The van der Waals surface area contributed by atoms with Crippen LogP contribution >= 0.6 is 0 Å². The topological polar surface area (TPSA) is 102 Å². The van der Waals surface area contributed by atoms with Crippen molar-refractivity contribution in [3.8, 4) is 5.69 Å². The molecule has 0 unspecified atom stereocenters. The summed E-state index contributed by atoms with van der Waals surface area (Å²) in [5, 5.41) is 7.23. The molecule has 0 radical (unpaired) electrons. The normalized spacial score (nSPS) is 14.9. The van der Waals surface area contributed by atoms with Gasteiger partial charge in [0.2, 0.25) is 15.9 Å². The van der Waals surface area contributed by atoms with Crippen LogP contribution in [-0.4, -0.2) is 51.1 Å². The zero-order valence-corrected chi connectivity index (χ0v) is 20.4. The van der Waals surface area contributed by atoms with E-state index in [1.165, 1.54) is 0 Å². The van der Waals surface area contributed by atoms with Crippen molar-refractivity contribution in [1.82, 2.24) is 23.6 Å². The van der Waals surface area contributed by atoms with Gasteiger partial charge in [0.1, 0.15) is 5.82 Å². The smallest absolute Gasteiger partial charge is 0.243 e. The summed E-state index contributed by atoms with van der Waals surface area (Å²) in [5.74, 6) is 1.04. The third-order valence-corrected chi connectivity index (χ3v) is 8.25. The Morgan fingerprint density at radius 1 is 1.03 bits per heavy atom. The second-order valence-corrected chi connectivity index (χ2v) is 10.7. The molecule has 2 aromatic carbocycles. The SMILES string of the molecule is Cn1c(CCC(=O)Nc2ccn(-c3ccccc3)n2)nc2cc(S(=O)(=O)N3CCCCC3)ccc21. The van der Waals surface area contributed by atoms with Crippen molar-refractivity contribution in [2.24, 2.45) is 7.05 Å². The summed E-state index contributed by atoms with van der Waals surface area (Å²) in [7, 11) is -1.65. The minimum atomic E-state index is -3.52. The summed E-state index contributed by atoms with van der Waals surface area (Å²) < 4.78 is 31.2. The quantitative estimate of drug-likeness (QED) is 0.425. The number of aryl methyl sites for hydroxylation is 2. The summed E-state index contributed by atoms with van der Waals surface area (Å²) in [6, 6.07) is 16.5. The highest BCUT2D eigenvalue weighted by atomic mass is 32.2. The van der Waals surface area contributed by atoms with Gasteiger partial charge in [0.25, 0.3) is 0 Å². The molecule has 1 amide bonds. The maximum absolute atomic E-state index is 13.0. The van der Waals surface area contributed by atoms with Crippen molar-refractivity contribution in [1.29, 1.82) is 0 Å². The number of nitrogens with zero attached hydrogens (tertiary/aromatic N) is 5. The fourth-order valence-electron chi connectivity index (χ4n) is 4.41. The third-order valence-electron chi connectivity index (χ3n) is 6.35. The molecule has 1 fully saturated rings. The van der Waals surface area contributed by atoms with Crippen LogP contribution in [-0.2, 0) is 28.3 Å². The Bertz CT molecular complexity index is 1450. The van der Waals surface area contributed by atoms with E-state index in [-0.39, 0.29) is 17.2 Å². The number of amides is 1. The monoisotopic (exact) mass is 492 g/mol. The van der Waals surface area contributed by atoms with E-state index in [0.717, 1.165) is 36.3 Å². The molecule has 35 heavy (non-hydrogen) atoms. The number of nitrogens with one attached hydrogen (secondary N) is 1. The first kappa shape index (κ1) is 23.3. The van der Waals surface area contributed by atoms with E-state index in [1.807, 2.05) is 41.9 Å². The second-order valence-electron chi connectivity index (χ2n) is 8.73. The number of para-hydroxylation sites is 1. The van der Waals surface area contributed by atoms with Crippen molar-refractivity contribution in [3.05, 3.63) is 66.6 Å². The number of sulfonamides is 1. The Morgan fingerprint density at radius 3 is 2.57 bits per heavy atom. The van der Waals surface area contributed by atoms with Gasteiger partial charge in [0.15, 0.2) is 5.82 Å². The molecule has 5 rings (SSSR count). The minimum absolute atomic E-state index is 0.163. The van der Waals surface area contributed by atoms with Crippen LogP contribution in [0.5, 0.6) is 0 Å². The molecular weight excluding hydrogens is 464 g/mol. The minimum Gasteiger partial charge on any atom is -0.331 e. The molecular formula is C25H28N6O3S. The summed E-state index contributed by atoms with van der Waals surface area (Å²) in [6.45, 7) is 1.12. The maximum atomic E-state index is 13.0. The Morgan fingerprint density at radius 2 is 1.80 bits per heavy atom. The van der Waals surface area contributed by atoms with Crippen LogP contribution in [0.3, 0.4) is 0 Å². The molecule has 0 spiro atoms. The second kappa shape index (κ2) is 9.63. The predicted molar refractivity (Wildman–Crippen MR) is 134 cm³/mol. The number of carbonyl (C=O) groups is 1. The molecule has 10 heteroatoms. The molecule has 9 nitrogen and oxygen atoms in total. The third kappa shape index (κ3) is 4.85. The molecule has 1 aliphatic rings. The lowest BCUT2D eigenvalue weighted by atomic mass is 10.2. The first-order valence-corrected chi connectivity index (χ1v) is 13.2.